The second-order valence-corrected chi connectivity index (χ2v) is 3.75. The van der Waals surface area contributed by atoms with Crippen LogP contribution in [0.25, 0.3) is 0 Å². The van der Waals surface area contributed by atoms with Crippen molar-refractivity contribution in [2.24, 2.45) is 0 Å². The molecule has 2 heterocycles. The van der Waals surface area contributed by atoms with E-state index in [1.165, 1.54) is 4.88 Å². The molecule has 0 atom stereocenters. The van der Waals surface area contributed by atoms with Crippen molar-refractivity contribution in [1.29, 1.82) is 0 Å². The van der Waals surface area contributed by atoms with Gasteiger partial charge in [-0.25, -0.2) is 0 Å². The van der Waals surface area contributed by atoms with E-state index in [1.54, 1.807) is 11.3 Å². The van der Waals surface area contributed by atoms with Crippen molar-refractivity contribution in [2.75, 3.05) is 20.3 Å². The Bertz CT molecular complexity index is 223. The van der Waals surface area contributed by atoms with Crippen LogP contribution in [-0.2, 0) is 10.3 Å². The highest BCUT2D eigenvalue weighted by Gasteiger charge is 2.39. The van der Waals surface area contributed by atoms with Crippen molar-refractivity contribution in [3.8, 4) is 0 Å². The van der Waals surface area contributed by atoms with Crippen molar-refractivity contribution in [3.63, 3.8) is 0 Å². The zero-order chi connectivity index (χ0) is 7.73. The fraction of sp³-hybridized carbons (Fsp3) is 0.500. The van der Waals surface area contributed by atoms with Gasteiger partial charge in [0.15, 0.2) is 0 Å². The van der Waals surface area contributed by atoms with Gasteiger partial charge in [0, 0.05) is 4.88 Å². The summed E-state index contributed by atoms with van der Waals surface area (Å²) in [5.74, 6) is 0. The molecule has 0 aliphatic carbocycles. The van der Waals surface area contributed by atoms with Crippen LogP contribution in [-0.4, -0.2) is 20.3 Å². The third kappa shape index (κ3) is 1.00. The Hall–Kier alpha value is -0.380. The van der Waals surface area contributed by atoms with E-state index in [4.69, 9.17) is 4.74 Å². The highest BCUT2D eigenvalue weighted by molar-refractivity contribution is 7.10. The van der Waals surface area contributed by atoms with Gasteiger partial charge in [-0.1, -0.05) is 6.07 Å². The first-order chi connectivity index (χ1) is 5.37. The summed E-state index contributed by atoms with van der Waals surface area (Å²) in [5.41, 5.74) is 0.133. The van der Waals surface area contributed by atoms with Crippen LogP contribution < -0.4 is 5.32 Å². The lowest BCUT2D eigenvalue weighted by atomic mass is 9.96. The Kier molecular flexibility index (Phi) is 1.71. The number of nitrogens with one attached hydrogen (secondary N) is 1. The molecule has 1 aromatic rings. The van der Waals surface area contributed by atoms with E-state index in [0.29, 0.717) is 0 Å². The molecular formula is C8H11NOS. The summed E-state index contributed by atoms with van der Waals surface area (Å²) in [7, 11) is 1.99. The van der Waals surface area contributed by atoms with E-state index in [0.717, 1.165) is 13.2 Å². The van der Waals surface area contributed by atoms with Crippen LogP contribution in [0.5, 0.6) is 0 Å². The average Bonchev–Trinajstić information content (AvgIpc) is 2.39. The Morgan fingerprint density at radius 1 is 1.64 bits per heavy atom. The van der Waals surface area contributed by atoms with E-state index in [-0.39, 0.29) is 5.54 Å². The lowest BCUT2D eigenvalue weighted by Crippen LogP contribution is -2.55. The summed E-state index contributed by atoms with van der Waals surface area (Å²) in [6, 6.07) is 4.24. The Labute approximate surface area is 70.2 Å². The molecule has 0 unspecified atom stereocenters. The van der Waals surface area contributed by atoms with Gasteiger partial charge in [-0.3, -0.25) is 0 Å². The van der Waals surface area contributed by atoms with Crippen LogP contribution in [0.3, 0.4) is 0 Å². The van der Waals surface area contributed by atoms with E-state index < -0.39 is 0 Å². The molecule has 3 heteroatoms. The number of ether oxygens (including phenoxy) is 1. The molecule has 0 saturated carbocycles. The van der Waals surface area contributed by atoms with Crippen LogP contribution in [0.15, 0.2) is 17.5 Å². The molecule has 0 amide bonds. The van der Waals surface area contributed by atoms with E-state index in [2.05, 4.69) is 22.8 Å². The summed E-state index contributed by atoms with van der Waals surface area (Å²) in [5, 5.41) is 5.41. The van der Waals surface area contributed by atoms with Gasteiger partial charge < -0.3 is 10.1 Å². The van der Waals surface area contributed by atoms with Gasteiger partial charge >= 0.3 is 0 Å². The third-order valence-corrected chi connectivity index (χ3v) is 3.24. The highest BCUT2D eigenvalue weighted by Crippen LogP contribution is 2.31. The Morgan fingerprint density at radius 3 is 2.82 bits per heavy atom. The minimum absolute atomic E-state index is 0.133. The molecular weight excluding hydrogens is 158 g/mol. The quantitative estimate of drug-likeness (QED) is 0.718. The molecule has 2 rings (SSSR count). The molecule has 0 aromatic carbocycles. The largest absolute Gasteiger partial charge is 0.377 e. The number of thiophene rings is 1. The molecule has 1 aliphatic rings. The molecule has 0 radical (unpaired) electrons. The first-order valence-corrected chi connectivity index (χ1v) is 4.56. The first kappa shape index (κ1) is 7.28. The fourth-order valence-electron chi connectivity index (χ4n) is 1.27. The van der Waals surface area contributed by atoms with Gasteiger partial charge in [0.1, 0.15) is 0 Å². The van der Waals surface area contributed by atoms with E-state index in [1.807, 2.05) is 7.05 Å². The number of likely N-dealkylation sites (N-methyl/N-ethyl adjacent to an activating group) is 1. The molecule has 1 aliphatic heterocycles. The monoisotopic (exact) mass is 169 g/mol. The summed E-state index contributed by atoms with van der Waals surface area (Å²) < 4.78 is 5.20. The van der Waals surface area contributed by atoms with Gasteiger partial charge in [-0.2, -0.15) is 0 Å². The molecule has 1 saturated heterocycles. The van der Waals surface area contributed by atoms with Crippen molar-refractivity contribution < 1.29 is 4.74 Å². The van der Waals surface area contributed by atoms with Crippen LogP contribution in [0, 0.1) is 0 Å². The molecule has 2 nitrogen and oxygen atoms in total. The van der Waals surface area contributed by atoms with Crippen molar-refractivity contribution in [1.82, 2.24) is 5.32 Å². The second-order valence-electron chi connectivity index (χ2n) is 2.80. The van der Waals surface area contributed by atoms with Gasteiger partial charge in [0.05, 0.1) is 18.8 Å². The number of hydrogen-bond donors (Lipinski definition) is 1. The van der Waals surface area contributed by atoms with Crippen LogP contribution in [0.4, 0.5) is 0 Å². The van der Waals surface area contributed by atoms with E-state index >= 15 is 0 Å². The summed E-state index contributed by atoms with van der Waals surface area (Å²) in [4.78, 5) is 1.38. The molecule has 0 spiro atoms. The zero-order valence-corrected chi connectivity index (χ0v) is 7.28. The molecule has 1 aromatic heterocycles. The maximum atomic E-state index is 5.20. The molecule has 1 fully saturated rings. The molecule has 0 bridgehead atoms. The SMILES string of the molecule is CNC1(c2cccs2)COC1. The van der Waals surface area contributed by atoms with Crippen LogP contribution >= 0.6 is 11.3 Å². The Balaban J connectivity index is 2.25. The maximum Gasteiger partial charge on any atom is 0.0998 e. The van der Waals surface area contributed by atoms with Crippen molar-refractivity contribution >= 4 is 11.3 Å². The van der Waals surface area contributed by atoms with Crippen molar-refractivity contribution in [2.45, 2.75) is 5.54 Å². The predicted octanol–water partition coefficient (Wildman–Crippen LogP) is 1.19. The second kappa shape index (κ2) is 2.59. The standard InChI is InChI=1S/C8H11NOS/c1-9-8(5-10-6-8)7-3-2-4-11-7/h2-4,9H,5-6H2,1H3. The summed E-state index contributed by atoms with van der Waals surface area (Å²) >= 11 is 1.79. The minimum atomic E-state index is 0.133. The van der Waals surface area contributed by atoms with Gasteiger partial charge in [-0.15, -0.1) is 11.3 Å². The van der Waals surface area contributed by atoms with Crippen molar-refractivity contribution in [3.05, 3.63) is 22.4 Å². The molecule has 60 valence electrons. The number of hydrogen-bond acceptors (Lipinski definition) is 3. The van der Waals surface area contributed by atoms with Gasteiger partial charge in [0.2, 0.25) is 0 Å². The molecule has 11 heavy (non-hydrogen) atoms. The zero-order valence-electron chi connectivity index (χ0n) is 6.46. The third-order valence-electron chi connectivity index (χ3n) is 2.17. The highest BCUT2D eigenvalue weighted by atomic mass is 32.1. The Morgan fingerprint density at radius 2 is 2.45 bits per heavy atom. The van der Waals surface area contributed by atoms with E-state index in [9.17, 15) is 0 Å². The normalized spacial score (nSPS) is 21.2. The van der Waals surface area contributed by atoms with Crippen LogP contribution in [0.2, 0.25) is 0 Å². The minimum Gasteiger partial charge on any atom is -0.377 e. The smallest absolute Gasteiger partial charge is 0.0998 e. The lowest BCUT2D eigenvalue weighted by Gasteiger charge is -2.40. The molecule has 1 N–H and O–H groups in total. The van der Waals surface area contributed by atoms with Gasteiger partial charge in [-0.05, 0) is 18.5 Å². The maximum absolute atomic E-state index is 5.20. The average molecular weight is 169 g/mol. The van der Waals surface area contributed by atoms with Gasteiger partial charge in [0.25, 0.3) is 0 Å². The lowest BCUT2D eigenvalue weighted by molar-refractivity contribution is -0.0728. The summed E-state index contributed by atoms with van der Waals surface area (Å²) in [6.45, 7) is 1.62. The topological polar surface area (TPSA) is 21.3 Å². The predicted molar refractivity (Wildman–Crippen MR) is 45.9 cm³/mol. The number of rotatable bonds is 2. The summed E-state index contributed by atoms with van der Waals surface area (Å²) in [6.07, 6.45) is 0. The van der Waals surface area contributed by atoms with Crippen LogP contribution in [0.1, 0.15) is 4.88 Å². The first-order valence-electron chi connectivity index (χ1n) is 3.68. The fourth-order valence-corrected chi connectivity index (χ4v) is 2.17.